The van der Waals surface area contributed by atoms with Gasteiger partial charge in [-0.25, -0.2) is 13.1 Å². The summed E-state index contributed by atoms with van der Waals surface area (Å²) in [5, 5.41) is 10.8. The number of amides is 1. The van der Waals surface area contributed by atoms with Gasteiger partial charge in [0.05, 0.1) is 12.2 Å². The Morgan fingerprint density at radius 2 is 2.27 bits per heavy atom. The highest BCUT2D eigenvalue weighted by molar-refractivity contribution is 7.91. The maximum absolute atomic E-state index is 12.1. The summed E-state index contributed by atoms with van der Waals surface area (Å²) in [6.45, 7) is 1.79. The van der Waals surface area contributed by atoms with E-state index in [9.17, 15) is 18.3 Å². The minimum atomic E-state index is -3.63. The molecule has 1 atom stereocenters. The predicted molar refractivity (Wildman–Crippen MR) is 84.3 cm³/mol. The minimum absolute atomic E-state index is 0.0821. The molecule has 7 nitrogen and oxygen atoms in total. The normalized spacial score (nSPS) is 20.1. The van der Waals surface area contributed by atoms with E-state index in [1.165, 1.54) is 11.4 Å². The van der Waals surface area contributed by atoms with Gasteiger partial charge in [0, 0.05) is 24.5 Å². The fourth-order valence-corrected chi connectivity index (χ4v) is 4.78. The van der Waals surface area contributed by atoms with Crippen molar-refractivity contribution in [2.75, 3.05) is 26.2 Å². The molecule has 0 spiro atoms. The van der Waals surface area contributed by atoms with Gasteiger partial charge in [-0.05, 0) is 25.5 Å². The molecular formula is C13H21N3O4S2. The van der Waals surface area contributed by atoms with Gasteiger partial charge in [-0.15, -0.1) is 11.3 Å². The van der Waals surface area contributed by atoms with Gasteiger partial charge in [-0.1, -0.05) is 6.42 Å². The van der Waals surface area contributed by atoms with Gasteiger partial charge >= 0.3 is 0 Å². The summed E-state index contributed by atoms with van der Waals surface area (Å²) in [6.07, 6.45) is 3.10. The van der Waals surface area contributed by atoms with E-state index in [0.717, 1.165) is 37.1 Å². The van der Waals surface area contributed by atoms with Crippen LogP contribution < -0.4 is 10.5 Å². The van der Waals surface area contributed by atoms with E-state index in [0.29, 0.717) is 6.54 Å². The average molecular weight is 347 g/mol. The number of aliphatic hydroxyl groups excluding tert-OH is 1. The molecule has 0 saturated carbocycles. The Kier molecular flexibility index (Phi) is 5.93. The van der Waals surface area contributed by atoms with Crippen molar-refractivity contribution in [3.8, 4) is 0 Å². The van der Waals surface area contributed by atoms with Gasteiger partial charge in [0.1, 0.15) is 4.21 Å². The maximum atomic E-state index is 12.1. The Labute approximate surface area is 134 Å². The van der Waals surface area contributed by atoms with Crippen LogP contribution in [0.1, 0.15) is 29.6 Å². The summed E-state index contributed by atoms with van der Waals surface area (Å²) in [7, 11) is -3.63. The third-order valence-electron chi connectivity index (χ3n) is 3.78. The van der Waals surface area contributed by atoms with Gasteiger partial charge in [-0.2, -0.15) is 0 Å². The number of piperidine rings is 1. The molecule has 1 aromatic heterocycles. The zero-order valence-corrected chi connectivity index (χ0v) is 13.8. The molecule has 124 valence electrons. The Bertz CT molecular complexity index is 615. The van der Waals surface area contributed by atoms with Crippen LogP contribution in [0.3, 0.4) is 0 Å². The fraction of sp³-hybridized carbons (Fsp3) is 0.615. The molecule has 1 saturated heterocycles. The minimum Gasteiger partial charge on any atom is -0.395 e. The third-order valence-corrected chi connectivity index (χ3v) is 6.68. The number of thiophene rings is 1. The molecule has 9 heteroatoms. The van der Waals surface area contributed by atoms with Crippen LogP contribution in [0.2, 0.25) is 0 Å². The number of nitrogens with two attached hydrogens (primary N) is 1. The predicted octanol–water partition coefficient (Wildman–Crippen LogP) is -0.0279. The monoisotopic (exact) mass is 347 g/mol. The van der Waals surface area contributed by atoms with E-state index in [2.05, 4.69) is 9.62 Å². The lowest BCUT2D eigenvalue weighted by atomic mass is 10.0. The highest BCUT2D eigenvalue weighted by Gasteiger charge is 2.22. The molecule has 1 aliphatic heterocycles. The van der Waals surface area contributed by atoms with E-state index in [1.807, 2.05) is 0 Å². The van der Waals surface area contributed by atoms with E-state index < -0.39 is 15.9 Å². The summed E-state index contributed by atoms with van der Waals surface area (Å²) in [4.78, 5) is 13.1. The second-order valence-electron chi connectivity index (χ2n) is 5.28. The second kappa shape index (κ2) is 7.51. The maximum Gasteiger partial charge on any atom is 0.250 e. The fourth-order valence-electron chi connectivity index (χ4n) is 2.54. The van der Waals surface area contributed by atoms with Crippen molar-refractivity contribution in [1.29, 1.82) is 0 Å². The topological polar surface area (TPSA) is 113 Å². The molecule has 0 radical (unpaired) electrons. The number of carbonyl (C=O) groups is 1. The molecule has 2 heterocycles. The Morgan fingerprint density at radius 1 is 1.50 bits per heavy atom. The summed E-state index contributed by atoms with van der Waals surface area (Å²) in [6, 6.07) is 1.40. The van der Waals surface area contributed by atoms with Crippen molar-refractivity contribution in [2.24, 2.45) is 5.73 Å². The number of rotatable bonds is 7. The molecule has 1 fully saturated rings. The Balaban J connectivity index is 1.90. The molecule has 2 rings (SSSR count). The quantitative estimate of drug-likeness (QED) is 0.641. The van der Waals surface area contributed by atoms with E-state index >= 15 is 0 Å². The molecule has 1 aromatic rings. The first kappa shape index (κ1) is 17.4. The van der Waals surface area contributed by atoms with Crippen LogP contribution in [-0.2, 0) is 10.0 Å². The van der Waals surface area contributed by atoms with Gasteiger partial charge in [0.2, 0.25) is 15.9 Å². The van der Waals surface area contributed by atoms with Crippen LogP contribution in [0.4, 0.5) is 0 Å². The molecular weight excluding hydrogens is 326 g/mol. The van der Waals surface area contributed by atoms with E-state index in [1.54, 1.807) is 0 Å². The highest BCUT2D eigenvalue weighted by atomic mass is 32.2. The number of primary amides is 1. The van der Waals surface area contributed by atoms with Crippen molar-refractivity contribution in [2.45, 2.75) is 29.5 Å². The smallest absolute Gasteiger partial charge is 0.250 e. The first-order chi connectivity index (χ1) is 10.4. The van der Waals surface area contributed by atoms with Crippen LogP contribution in [0.25, 0.3) is 0 Å². The van der Waals surface area contributed by atoms with Crippen molar-refractivity contribution in [3.05, 3.63) is 17.0 Å². The molecule has 1 amide bonds. The Hall–Kier alpha value is -1.00. The van der Waals surface area contributed by atoms with Crippen molar-refractivity contribution in [1.82, 2.24) is 9.62 Å². The summed E-state index contributed by atoms with van der Waals surface area (Å²) >= 11 is 0.971. The number of nitrogens with zero attached hydrogens (tertiary/aromatic N) is 1. The standard InChI is InChI=1S/C13H21N3O4S2/c14-13(18)10-7-12(21-9-10)22(19,20)15-4-6-16-5-2-1-3-11(16)8-17/h7,9,11,15,17H,1-6,8H2,(H2,14,18). The van der Waals surface area contributed by atoms with E-state index in [4.69, 9.17) is 5.73 Å². The SMILES string of the molecule is NC(=O)c1csc(S(=O)(=O)NCCN2CCCCC2CO)c1. The van der Waals surface area contributed by atoms with Crippen molar-refractivity contribution < 1.29 is 18.3 Å². The Morgan fingerprint density at radius 3 is 2.91 bits per heavy atom. The molecule has 1 unspecified atom stereocenters. The zero-order valence-electron chi connectivity index (χ0n) is 12.2. The van der Waals surface area contributed by atoms with Gasteiger partial charge in [-0.3, -0.25) is 9.69 Å². The number of nitrogens with one attached hydrogen (secondary N) is 1. The molecule has 0 bridgehead atoms. The highest BCUT2D eigenvalue weighted by Crippen LogP contribution is 2.20. The van der Waals surface area contributed by atoms with Crippen LogP contribution in [-0.4, -0.2) is 56.6 Å². The number of hydrogen-bond acceptors (Lipinski definition) is 6. The number of hydrogen-bond donors (Lipinski definition) is 3. The van der Waals surface area contributed by atoms with Crippen LogP contribution in [0, 0.1) is 0 Å². The third kappa shape index (κ3) is 4.26. The molecule has 4 N–H and O–H groups in total. The van der Waals surface area contributed by atoms with Gasteiger partial charge in [0.15, 0.2) is 0 Å². The van der Waals surface area contributed by atoms with Gasteiger partial charge < -0.3 is 10.8 Å². The second-order valence-corrected chi connectivity index (χ2v) is 8.19. The number of sulfonamides is 1. The van der Waals surface area contributed by atoms with E-state index in [-0.39, 0.29) is 29.0 Å². The summed E-state index contributed by atoms with van der Waals surface area (Å²) in [5.41, 5.74) is 5.32. The van der Waals surface area contributed by atoms with Crippen LogP contribution >= 0.6 is 11.3 Å². The molecule has 0 aromatic carbocycles. The first-order valence-electron chi connectivity index (χ1n) is 7.17. The zero-order chi connectivity index (χ0) is 16.2. The number of carbonyl (C=O) groups excluding carboxylic acids is 1. The summed E-state index contributed by atoms with van der Waals surface area (Å²) < 4.78 is 26.9. The number of aliphatic hydroxyl groups is 1. The van der Waals surface area contributed by atoms with Crippen molar-refractivity contribution in [3.63, 3.8) is 0 Å². The largest absolute Gasteiger partial charge is 0.395 e. The van der Waals surface area contributed by atoms with Crippen LogP contribution in [0.15, 0.2) is 15.7 Å². The average Bonchev–Trinajstić information content (AvgIpc) is 2.98. The molecule has 0 aliphatic carbocycles. The van der Waals surface area contributed by atoms with Gasteiger partial charge in [0.25, 0.3) is 0 Å². The lowest BCUT2D eigenvalue weighted by Crippen LogP contribution is -2.45. The lowest BCUT2D eigenvalue weighted by molar-refractivity contribution is 0.0923. The number of likely N-dealkylation sites (tertiary alicyclic amines) is 1. The molecule has 22 heavy (non-hydrogen) atoms. The lowest BCUT2D eigenvalue weighted by Gasteiger charge is -2.34. The molecule has 1 aliphatic rings. The summed E-state index contributed by atoms with van der Waals surface area (Å²) in [5.74, 6) is -0.642. The van der Waals surface area contributed by atoms with Crippen LogP contribution in [0.5, 0.6) is 0 Å². The van der Waals surface area contributed by atoms with Crippen molar-refractivity contribution >= 4 is 27.3 Å². The first-order valence-corrected chi connectivity index (χ1v) is 9.53.